The molecule has 0 unspecified atom stereocenters. The van der Waals surface area contributed by atoms with Gasteiger partial charge in [0.2, 0.25) is 0 Å². The average molecular weight is 413 g/mol. The van der Waals surface area contributed by atoms with E-state index in [-0.39, 0.29) is 5.69 Å². The molecule has 0 aliphatic heterocycles. The van der Waals surface area contributed by atoms with Gasteiger partial charge in [-0.05, 0) is 30.7 Å². The monoisotopic (exact) mass is 413 g/mol. The van der Waals surface area contributed by atoms with Crippen LogP contribution in [-0.2, 0) is 0 Å². The standard InChI is InChI=1S/C23H15N3O3S/c1-15-7-9-19(21(11-15)26(27)28)22-10-8-18(29-22)12-17(13-24)23-25-20(14-30-23)16-5-3-2-4-6-16/h2-12,14H,1H3/b17-12+. The highest BCUT2D eigenvalue weighted by Gasteiger charge is 2.18. The molecule has 7 heteroatoms. The van der Waals surface area contributed by atoms with E-state index >= 15 is 0 Å². The Kier molecular flexibility index (Phi) is 5.24. The molecule has 0 radical (unpaired) electrons. The Hall–Kier alpha value is -4.02. The summed E-state index contributed by atoms with van der Waals surface area (Å²) in [4.78, 5) is 15.5. The Balaban J connectivity index is 1.66. The molecule has 0 spiro atoms. The van der Waals surface area contributed by atoms with Crippen molar-refractivity contribution in [2.75, 3.05) is 0 Å². The van der Waals surface area contributed by atoms with Gasteiger partial charge in [-0.1, -0.05) is 36.4 Å². The Morgan fingerprint density at radius 3 is 2.73 bits per heavy atom. The highest BCUT2D eigenvalue weighted by molar-refractivity contribution is 7.11. The van der Waals surface area contributed by atoms with E-state index in [2.05, 4.69) is 11.1 Å². The number of hydrogen-bond donors (Lipinski definition) is 0. The second-order valence-corrected chi connectivity index (χ2v) is 7.41. The fourth-order valence-electron chi connectivity index (χ4n) is 3.00. The first-order valence-electron chi connectivity index (χ1n) is 9.03. The number of nitro benzene ring substituents is 1. The second-order valence-electron chi connectivity index (χ2n) is 6.55. The van der Waals surface area contributed by atoms with E-state index in [4.69, 9.17) is 4.42 Å². The quantitative estimate of drug-likeness (QED) is 0.216. The molecule has 0 saturated heterocycles. The summed E-state index contributed by atoms with van der Waals surface area (Å²) in [5.74, 6) is 0.794. The molecular weight excluding hydrogens is 398 g/mol. The van der Waals surface area contributed by atoms with Crippen LogP contribution >= 0.6 is 11.3 Å². The van der Waals surface area contributed by atoms with Crippen molar-refractivity contribution in [3.63, 3.8) is 0 Å². The normalized spacial score (nSPS) is 11.3. The number of thiazole rings is 1. The van der Waals surface area contributed by atoms with Gasteiger partial charge in [0, 0.05) is 23.1 Å². The molecule has 2 aromatic heterocycles. The van der Waals surface area contributed by atoms with Crippen LogP contribution in [0.15, 0.2) is 70.5 Å². The van der Waals surface area contributed by atoms with E-state index in [0.717, 1.165) is 16.8 Å². The van der Waals surface area contributed by atoms with Crippen molar-refractivity contribution < 1.29 is 9.34 Å². The smallest absolute Gasteiger partial charge is 0.280 e. The topological polar surface area (TPSA) is 93.0 Å². The van der Waals surface area contributed by atoms with Gasteiger partial charge < -0.3 is 4.42 Å². The van der Waals surface area contributed by atoms with Crippen molar-refractivity contribution in [1.82, 2.24) is 4.98 Å². The molecule has 30 heavy (non-hydrogen) atoms. The molecule has 0 aliphatic rings. The summed E-state index contributed by atoms with van der Waals surface area (Å²) in [6, 6.07) is 20.2. The van der Waals surface area contributed by atoms with Gasteiger partial charge in [0.15, 0.2) is 0 Å². The maximum absolute atomic E-state index is 11.4. The summed E-state index contributed by atoms with van der Waals surface area (Å²) in [7, 11) is 0. The number of aromatic nitrogens is 1. The van der Waals surface area contributed by atoms with E-state index in [0.29, 0.717) is 27.7 Å². The van der Waals surface area contributed by atoms with E-state index < -0.39 is 4.92 Å². The van der Waals surface area contributed by atoms with Gasteiger partial charge in [-0.2, -0.15) is 5.26 Å². The SMILES string of the molecule is Cc1ccc(-c2ccc(/C=C(\C#N)c3nc(-c4ccccc4)cs3)o2)c([N+](=O)[O-])c1. The molecule has 0 bridgehead atoms. The van der Waals surface area contributed by atoms with Gasteiger partial charge >= 0.3 is 0 Å². The van der Waals surface area contributed by atoms with E-state index in [9.17, 15) is 15.4 Å². The van der Waals surface area contributed by atoms with Gasteiger partial charge in [0.05, 0.1) is 21.8 Å². The number of allylic oxidation sites excluding steroid dienone is 1. The summed E-state index contributed by atoms with van der Waals surface area (Å²) in [6.07, 6.45) is 1.59. The van der Waals surface area contributed by atoms with Crippen molar-refractivity contribution in [3.8, 4) is 28.7 Å². The zero-order valence-corrected chi connectivity index (χ0v) is 16.7. The first-order chi connectivity index (χ1) is 14.5. The van der Waals surface area contributed by atoms with E-state index in [1.165, 1.54) is 17.4 Å². The number of hydrogen-bond acceptors (Lipinski definition) is 6. The van der Waals surface area contributed by atoms with E-state index in [1.807, 2.05) is 35.7 Å². The minimum absolute atomic E-state index is 0.0205. The molecule has 0 fully saturated rings. The molecule has 2 heterocycles. The number of benzene rings is 2. The minimum Gasteiger partial charge on any atom is -0.456 e. The second kappa shape index (κ2) is 8.15. The van der Waals surface area contributed by atoms with Crippen LogP contribution in [0.2, 0.25) is 0 Å². The van der Waals surface area contributed by atoms with E-state index in [1.54, 1.807) is 37.3 Å². The number of aryl methyl sites for hydroxylation is 1. The van der Waals surface area contributed by atoms with Crippen molar-refractivity contribution in [2.24, 2.45) is 0 Å². The lowest BCUT2D eigenvalue weighted by atomic mass is 10.1. The minimum atomic E-state index is -0.429. The lowest BCUT2D eigenvalue weighted by Crippen LogP contribution is -1.92. The van der Waals surface area contributed by atoms with Crippen molar-refractivity contribution in [3.05, 3.63) is 92.5 Å². The van der Waals surface area contributed by atoms with Gasteiger partial charge in [0.25, 0.3) is 5.69 Å². The number of nitriles is 1. The highest BCUT2D eigenvalue weighted by atomic mass is 32.1. The zero-order valence-electron chi connectivity index (χ0n) is 15.9. The predicted molar refractivity (Wildman–Crippen MR) is 117 cm³/mol. The molecule has 4 rings (SSSR count). The Bertz CT molecular complexity index is 1300. The van der Waals surface area contributed by atoms with Crippen LogP contribution in [0.3, 0.4) is 0 Å². The van der Waals surface area contributed by atoms with Gasteiger partial charge in [-0.15, -0.1) is 11.3 Å². The van der Waals surface area contributed by atoms with Crippen LogP contribution in [0, 0.1) is 28.4 Å². The van der Waals surface area contributed by atoms with Crippen LogP contribution in [0.1, 0.15) is 16.3 Å². The third-order valence-electron chi connectivity index (χ3n) is 4.45. The highest BCUT2D eigenvalue weighted by Crippen LogP contribution is 2.33. The fourth-order valence-corrected chi connectivity index (χ4v) is 3.79. The van der Waals surface area contributed by atoms with Crippen molar-refractivity contribution in [1.29, 1.82) is 5.26 Å². The molecule has 0 aliphatic carbocycles. The van der Waals surface area contributed by atoms with Crippen LogP contribution in [0.4, 0.5) is 5.69 Å². The summed E-state index contributed by atoms with van der Waals surface area (Å²) in [5, 5.41) is 23.5. The molecule has 0 atom stereocenters. The van der Waals surface area contributed by atoms with Gasteiger partial charge in [-0.25, -0.2) is 4.98 Å². The van der Waals surface area contributed by atoms with Gasteiger partial charge in [0.1, 0.15) is 22.6 Å². The number of furan rings is 1. The first kappa shape index (κ1) is 19.3. The predicted octanol–water partition coefficient (Wildman–Crippen LogP) is 6.35. The fraction of sp³-hybridized carbons (Fsp3) is 0.0435. The summed E-state index contributed by atoms with van der Waals surface area (Å²) >= 11 is 1.37. The number of nitrogens with zero attached hydrogens (tertiary/aromatic N) is 3. The van der Waals surface area contributed by atoms with Crippen LogP contribution in [-0.4, -0.2) is 9.91 Å². The Morgan fingerprint density at radius 1 is 1.20 bits per heavy atom. The molecule has 6 nitrogen and oxygen atoms in total. The number of nitro groups is 1. The zero-order chi connectivity index (χ0) is 21.1. The lowest BCUT2D eigenvalue weighted by molar-refractivity contribution is -0.384. The molecule has 4 aromatic rings. The Labute approximate surface area is 176 Å². The summed E-state index contributed by atoms with van der Waals surface area (Å²) in [5.41, 5.74) is 3.30. The first-order valence-corrected chi connectivity index (χ1v) is 9.91. The van der Waals surface area contributed by atoms with Crippen LogP contribution < -0.4 is 0 Å². The molecule has 0 N–H and O–H groups in total. The number of rotatable bonds is 5. The van der Waals surface area contributed by atoms with Crippen molar-refractivity contribution >= 4 is 28.7 Å². The molecule has 0 amide bonds. The molecule has 146 valence electrons. The van der Waals surface area contributed by atoms with Crippen LogP contribution in [0.25, 0.3) is 34.2 Å². The third-order valence-corrected chi connectivity index (χ3v) is 5.33. The Morgan fingerprint density at radius 2 is 2.00 bits per heavy atom. The van der Waals surface area contributed by atoms with Crippen LogP contribution in [0.5, 0.6) is 0 Å². The third kappa shape index (κ3) is 3.90. The molecular formula is C23H15N3O3S. The van der Waals surface area contributed by atoms with Gasteiger partial charge in [-0.3, -0.25) is 10.1 Å². The average Bonchev–Trinajstić information content (AvgIpc) is 3.42. The summed E-state index contributed by atoms with van der Waals surface area (Å²) in [6.45, 7) is 1.80. The molecule has 0 saturated carbocycles. The maximum atomic E-state index is 11.4. The largest absolute Gasteiger partial charge is 0.456 e. The van der Waals surface area contributed by atoms with Crippen molar-refractivity contribution in [2.45, 2.75) is 6.92 Å². The summed E-state index contributed by atoms with van der Waals surface area (Å²) < 4.78 is 5.79. The maximum Gasteiger partial charge on any atom is 0.280 e. The molecule has 2 aromatic carbocycles. The lowest BCUT2D eigenvalue weighted by Gasteiger charge is -2.01.